The highest BCUT2D eigenvalue weighted by atomic mass is 16.5. The summed E-state index contributed by atoms with van der Waals surface area (Å²) in [6.45, 7) is 0.364. The molecule has 11 nitrogen and oxygen atoms in total. The minimum Gasteiger partial charge on any atom is -0.479 e. The molecule has 0 aliphatic carbocycles. The molecule has 0 amide bonds. The van der Waals surface area contributed by atoms with Crippen molar-refractivity contribution in [1.82, 2.24) is 0 Å². The highest BCUT2D eigenvalue weighted by Crippen LogP contribution is 2.26. The molecule has 22 heavy (non-hydrogen) atoms. The molecule has 0 spiro atoms. The summed E-state index contributed by atoms with van der Waals surface area (Å²) in [5, 5.41) is 60.0. The lowest BCUT2D eigenvalue weighted by atomic mass is 9.77. The van der Waals surface area contributed by atoms with E-state index >= 15 is 0 Å². The van der Waals surface area contributed by atoms with Crippen molar-refractivity contribution in [3.8, 4) is 0 Å². The van der Waals surface area contributed by atoms with Crippen molar-refractivity contribution in [3.63, 3.8) is 0 Å². The van der Waals surface area contributed by atoms with Gasteiger partial charge < -0.3 is 35.7 Å². The quantitative estimate of drug-likeness (QED) is 0.225. The summed E-state index contributed by atoms with van der Waals surface area (Å²) >= 11 is 0. The first-order valence-electron chi connectivity index (χ1n) is 5.67. The van der Waals surface area contributed by atoms with E-state index in [1.165, 1.54) is 0 Å². The molecule has 2 atom stereocenters. The molecule has 2 unspecified atom stereocenters. The molecular formula is C11H18O11. The van der Waals surface area contributed by atoms with Gasteiger partial charge in [0.2, 0.25) is 0 Å². The smallest absolute Gasteiger partial charge is 0.347 e. The van der Waals surface area contributed by atoms with E-state index in [-0.39, 0.29) is 13.2 Å². The zero-order valence-corrected chi connectivity index (χ0v) is 11.8. The lowest BCUT2D eigenvalue weighted by Crippen LogP contribution is -2.70. The highest BCUT2D eigenvalue weighted by molar-refractivity contribution is 6.20. The SMILES string of the molecule is CC(=O)C(O)(C(=O)O)C(O)(C(C)=O)C(=O)O.OCC(O)CO. The zero-order valence-electron chi connectivity index (χ0n) is 11.8. The minimum absolute atomic E-state index is 0.365. The molecule has 128 valence electrons. The average Bonchev–Trinajstić information content (AvgIpc) is 2.43. The molecule has 0 aromatic carbocycles. The van der Waals surface area contributed by atoms with Crippen LogP contribution in [0.3, 0.4) is 0 Å². The molecule has 0 aliphatic heterocycles. The van der Waals surface area contributed by atoms with E-state index in [0.29, 0.717) is 13.8 Å². The second-order valence-corrected chi connectivity index (χ2v) is 4.16. The molecule has 0 rings (SSSR count). The predicted octanol–water partition coefficient (Wildman–Crippen LogP) is -3.87. The second-order valence-electron chi connectivity index (χ2n) is 4.16. The first-order valence-corrected chi connectivity index (χ1v) is 5.67. The van der Waals surface area contributed by atoms with Crippen molar-refractivity contribution in [2.45, 2.75) is 31.2 Å². The van der Waals surface area contributed by atoms with Crippen molar-refractivity contribution in [3.05, 3.63) is 0 Å². The fourth-order valence-electron chi connectivity index (χ4n) is 1.18. The van der Waals surface area contributed by atoms with Crippen LogP contribution in [0.1, 0.15) is 13.8 Å². The number of hydrogen-bond donors (Lipinski definition) is 7. The molecule has 11 heteroatoms. The van der Waals surface area contributed by atoms with Crippen molar-refractivity contribution < 1.29 is 54.9 Å². The van der Waals surface area contributed by atoms with E-state index in [1.54, 1.807) is 0 Å². The van der Waals surface area contributed by atoms with Crippen molar-refractivity contribution in [2.75, 3.05) is 13.2 Å². The van der Waals surface area contributed by atoms with Gasteiger partial charge in [-0.05, 0) is 13.8 Å². The van der Waals surface area contributed by atoms with Crippen LogP contribution in [-0.2, 0) is 19.2 Å². The van der Waals surface area contributed by atoms with Crippen molar-refractivity contribution >= 4 is 23.5 Å². The molecule has 0 fully saturated rings. The Kier molecular flexibility index (Phi) is 8.65. The summed E-state index contributed by atoms with van der Waals surface area (Å²) in [4.78, 5) is 43.3. The number of carbonyl (C=O) groups excluding carboxylic acids is 2. The number of carboxylic acid groups (broad SMARTS) is 2. The van der Waals surface area contributed by atoms with Crippen LogP contribution in [-0.4, -0.2) is 89.8 Å². The molecule has 0 saturated carbocycles. The largest absolute Gasteiger partial charge is 0.479 e. The summed E-state index contributed by atoms with van der Waals surface area (Å²) in [5.41, 5.74) is -7.44. The van der Waals surface area contributed by atoms with Gasteiger partial charge >= 0.3 is 11.9 Å². The van der Waals surface area contributed by atoms with Crippen LogP contribution in [0.15, 0.2) is 0 Å². The third-order valence-corrected chi connectivity index (χ3v) is 2.58. The predicted molar refractivity (Wildman–Crippen MR) is 66.7 cm³/mol. The number of rotatable bonds is 7. The first-order chi connectivity index (χ1) is 9.83. The number of carboxylic acids is 2. The summed E-state index contributed by atoms with van der Waals surface area (Å²) in [5.74, 6) is -7.78. The number of ketones is 2. The third-order valence-electron chi connectivity index (χ3n) is 2.58. The third kappa shape index (κ3) is 4.29. The highest BCUT2D eigenvalue weighted by Gasteiger charge is 2.67. The summed E-state index contributed by atoms with van der Waals surface area (Å²) in [6, 6.07) is 0. The summed E-state index contributed by atoms with van der Waals surface area (Å²) < 4.78 is 0. The van der Waals surface area contributed by atoms with Gasteiger partial charge in [-0.15, -0.1) is 0 Å². The van der Waals surface area contributed by atoms with E-state index < -0.39 is 40.8 Å². The molecule has 7 N–H and O–H groups in total. The molecule has 0 heterocycles. The molecule has 0 aliphatic rings. The summed E-state index contributed by atoms with van der Waals surface area (Å²) in [6.07, 6.45) is -0.954. The number of aliphatic hydroxyl groups excluding tert-OH is 3. The second kappa shape index (κ2) is 8.51. The van der Waals surface area contributed by atoms with Gasteiger partial charge in [0.1, 0.15) is 6.10 Å². The molecule has 0 aromatic heterocycles. The van der Waals surface area contributed by atoms with E-state index in [0.717, 1.165) is 0 Å². The number of Topliss-reactive ketones (excluding diaryl/α,β-unsaturated/α-hetero) is 2. The van der Waals surface area contributed by atoms with Gasteiger partial charge in [-0.2, -0.15) is 0 Å². The molecule has 0 saturated heterocycles. The Balaban J connectivity index is 0. The maximum atomic E-state index is 11.0. The minimum atomic E-state index is -3.72. The number of carbonyl (C=O) groups is 4. The molecule has 0 aromatic rings. The Bertz CT molecular complexity index is 373. The van der Waals surface area contributed by atoms with Crippen molar-refractivity contribution in [2.24, 2.45) is 0 Å². The number of aliphatic carboxylic acids is 2. The maximum Gasteiger partial charge on any atom is 0.347 e. The van der Waals surface area contributed by atoms with Crippen LogP contribution in [0, 0.1) is 0 Å². The van der Waals surface area contributed by atoms with E-state index in [9.17, 15) is 29.4 Å². The van der Waals surface area contributed by atoms with Crippen LogP contribution < -0.4 is 0 Å². The normalized spacial score (nSPS) is 15.8. The first kappa shape index (κ1) is 22.4. The van der Waals surface area contributed by atoms with Gasteiger partial charge in [-0.25, -0.2) is 9.59 Å². The molecular weight excluding hydrogens is 308 g/mol. The van der Waals surface area contributed by atoms with E-state index in [4.69, 9.17) is 25.5 Å². The Morgan fingerprint density at radius 3 is 1.09 bits per heavy atom. The lowest BCUT2D eigenvalue weighted by Gasteiger charge is -2.32. The van der Waals surface area contributed by atoms with Crippen molar-refractivity contribution in [1.29, 1.82) is 0 Å². The van der Waals surface area contributed by atoms with E-state index in [1.807, 2.05) is 0 Å². The Hall–Kier alpha value is -1.92. The van der Waals surface area contributed by atoms with Gasteiger partial charge in [-0.1, -0.05) is 0 Å². The molecule has 0 bridgehead atoms. The standard InChI is InChI=1S/C8H10O8.C3H8O3/c1-3(9)7(15,5(11)12)8(16,4(2)10)6(13)14;4-1-3(6)2-5/h15-16H,1-2H3,(H,11,12)(H,13,14);3-6H,1-2H2. The Labute approximate surface area is 124 Å². The number of aliphatic hydroxyl groups is 5. The number of hydrogen-bond acceptors (Lipinski definition) is 9. The fourth-order valence-corrected chi connectivity index (χ4v) is 1.18. The summed E-state index contributed by atoms with van der Waals surface area (Å²) in [7, 11) is 0. The van der Waals surface area contributed by atoms with Crippen LogP contribution in [0.25, 0.3) is 0 Å². The van der Waals surface area contributed by atoms with Crippen LogP contribution >= 0.6 is 0 Å². The molecule has 0 radical (unpaired) electrons. The van der Waals surface area contributed by atoms with Gasteiger partial charge in [0, 0.05) is 0 Å². The Morgan fingerprint density at radius 2 is 1.05 bits per heavy atom. The van der Waals surface area contributed by atoms with Gasteiger partial charge in [-0.3, -0.25) is 9.59 Å². The van der Waals surface area contributed by atoms with Gasteiger partial charge in [0.15, 0.2) is 11.6 Å². The fraction of sp³-hybridized carbons (Fsp3) is 0.636. The topological polar surface area (TPSA) is 210 Å². The van der Waals surface area contributed by atoms with Gasteiger partial charge in [0.25, 0.3) is 11.2 Å². The maximum absolute atomic E-state index is 11.0. The average molecular weight is 326 g/mol. The van der Waals surface area contributed by atoms with Crippen LogP contribution in [0.5, 0.6) is 0 Å². The lowest BCUT2D eigenvalue weighted by molar-refractivity contribution is -0.206. The van der Waals surface area contributed by atoms with E-state index in [2.05, 4.69) is 0 Å². The Morgan fingerprint density at radius 1 is 0.818 bits per heavy atom. The monoisotopic (exact) mass is 326 g/mol. The van der Waals surface area contributed by atoms with Crippen LogP contribution in [0.4, 0.5) is 0 Å². The van der Waals surface area contributed by atoms with Crippen LogP contribution in [0.2, 0.25) is 0 Å². The zero-order chi connectivity index (χ0) is 18.3. The van der Waals surface area contributed by atoms with Gasteiger partial charge in [0.05, 0.1) is 13.2 Å².